The zero-order valence-electron chi connectivity index (χ0n) is 10.6. The van der Waals surface area contributed by atoms with Crippen LogP contribution < -0.4 is 5.32 Å². The number of nitrogens with one attached hydrogen (secondary N) is 1. The Morgan fingerprint density at radius 1 is 1.06 bits per heavy atom. The van der Waals surface area contributed by atoms with Crippen LogP contribution in [0.5, 0.6) is 0 Å². The Balaban J connectivity index is 1.53. The number of hydrogen-bond acceptors (Lipinski definition) is 2. The van der Waals surface area contributed by atoms with E-state index in [1.54, 1.807) is 0 Å². The molecule has 5 atom stereocenters. The predicted molar refractivity (Wildman–Crippen MR) is 67.5 cm³/mol. The molecule has 0 aromatic rings. The molecular weight excluding hydrogens is 196 g/mol. The molecule has 0 amide bonds. The highest BCUT2D eigenvalue weighted by molar-refractivity contribution is 4.92. The number of piperidine rings is 1. The van der Waals surface area contributed by atoms with Crippen molar-refractivity contribution in [2.75, 3.05) is 19.6 Å². The van der Waals surface area contributed by atoms with E-state index in [0.29, 0.717) is 0 Å². The lowest BCUT2D eigenvalue weighted by Gasteiger charge is -2.36. The molecule has 5 unspecified atom stereocenters. The first-order valence-electron chi connectivity index (χ1n) is 7.29. The fourth-order valence-corrected chi connectivity index (χ4v) is 4.06. The average molecular weight is 222 g/mol. The molecule has 2 nitrogen and oxygen atoms in total. The second-order valence-electron chi connectivity index (χ2n) is 6.38. The summed E-state index contributed by atoms with van der Waals surface area (Å²) in [4.78, 5) is 2.65. The number of rotatable bonds is 2. The van der Waals surface area contributed by atoms with Crippen LogP contribution >= 0.6 is 0 Å². The molecule has 0 radical (unpaired) electrons. The molecule has 3 rings (SSSR count). The van der Waals surface area contributed by atoms with Crippen LogP contribution in [0.25, 0.3) is 0 Å². The Kier molecular flexibility index (Phi) is 3.21. The van der Waals surface area contributed by atoms with E-state index in [2.05, 4.69) is 17.1 Å². The number of nitrogens with zero attached hydrogens (tertiary/aromatic N) is 1. The molecule has 1 aliphatic carbocycles. The van der Waals surface area contributed by atoms with E-state index in [1.165, 1.54) is 58.2 Å². The molecule has 3 aliphatic rings. The standard InChI is InChI=1S/C14H26N2/c1-11-3-2-4-13(9-11)15-14-6-8-16-7-5-12(14)10-16/h11-15H,2-10H2,1H3. The lowest BCUT2D eigenvalue weighted by molar-refractivity contribution is 0.188. The molecule has 1 saturated carbocycles. The Morgan fingerprint density at radius 2 is 1.94 bits per heavy atom. The Bertz CT molecular complexity index is 241. The van der Waals surface area contributed by atoms with Crippen LogP contribution in [0.2, 0.25) is 0 Å². The second-order valence-corrected chi connectivity index (χ2v) is 6.38. The summed E-state index contributed by atoms with van der Waals surface area (Å²) in [6.07, 6.45) is 8.60. The second kappa shape index (κ2) is 4.66. The van der Waals surface area contributed by atoms with Gasteiger partial charge in [-0.15, -0.1) is 0 Å². The van der Waals surface area contributed by atoms with Gasteiger partial charge in [-0.2, -0.15) is 0 Å². The fourth-order valence-electron chi connectivity index (χ4n) is 4.06. The Morgan fingerprint density at radius 3 is 2.81 bits per heavy atom. The largest absolute Gasteiger partial charge is 0.311 e. The van der Waals surface area contributed by atoms with E-state index >= 15 is 0 Å². The molecule has 2 saturated heterocycles. The van der Waals surface area contributed by atoms with Crippen LogP contribution in [0.15, 0.2) is 0 Å². The smallest absolute Gasteiger partial charge is 0.0123 e. The molecule has 0 aromatic carbocycles. The Labute approximate surface area is 99.8 Å². The number of fused-ring (bicyclic) bond motifs is 2. The van der Waals surface area contributed by atoms with Gasteiger partial charge >= 0.3 is 0 Å². The highest BCUT2D eigenvalue weighted by atomic mass is 15.2. The molecule has 3 fully saturated rings. The van der Waals surface area contributed by atoms with Crippen molar-refractivity contribution in [2.24, 2.45) is 11.8 Å². The van der Waals surface area contributed by atoms with Gasteiger partial charge in [0.05, 0.1) is 0 Å². The Hall–Kier alpha value is -0.0800. The van der Waals surface area contributed by atoms with Crippen molar-refractivity contribution >= 4 is 0 Å². The third kappa shape index (κ3) is 2.28. The topological polar surface area (TPSA) is 15.3 Å². The van der Waals surface area contributed by atoms with Crippen LogP contribution in [0.4, 0.5) is 0 Å². The van der Waals surface area contributed by atoms with E-state index < -0.39 is 0 Å². The van der Waals surface area contributed by atoms with Crippen molar-refractivity contribution < 1.29 is 0 Å². The molecular formula is C14H26N2. The first kappa shape index (κ1) is 11.0. The minimum Gasteiger partial charge on any atom is -0.311 e. The van der Waals surface area contributed by atoms with Gasteiger partial charge in [-0.05, 0) is 50.6 Å². The maximum atomic E-state index is 3.99. The summed E-state index contributed by atoms with van der Waals surface area (Å²) in [6, 6.07) is 1.68. The van der Waals surface area contributed by atoms with Gasteiger partial charge < -0.3 is 10.2 Å². The monoisotopic (exact) mass is 222 g/mol. The third-order valence-corrected chi connectivity index (χ3v) is 5.02. The van der Waals surface area contributed by atoms with Crippen molar-refractivity contribution in [1.82, 2.24) is 10.2 Å². The summed E-state index contributed by atoms with van der Waals surface area (Å²) >= 11 is 0. The predicted octanol–water partition coefficient (Wildman–Crippen LogP) is 2.25. The molecule has 0 spiro atoms. The zero-order chi connectivity index (χ0) is 11.0. The molecule has 2 aliphatic heterocycles. The summed E-state index contributed by atoms with van der Waals surface area (Å²) in [7, 11) is 0. The first-order valence-corrected chi connectivity index (χ1v) is 7.29. The minimum atomic E-state index is 0.834. The van der Waals surface area contributed by atoms with E-state index in [4.69, 9.17) is 0 Å². The first-order chi connectivity index (χ1) is 7.81. The van der Waals surface area contributed by atoms with Crippen LogP contribution in [0.3, 0.4) is 0 Å². The zero-order valence-corrected chi connectivity index (χ0v) is 10.6. The van der Waals surface area contributed by atoms with Gasteiger partial charge in [-0.1, -0.05) is 19.8 Å². The van der Waals surface area contributed by atoms with E-state index in [0.717, 1.165) is 23.9 Å². The van der Waals surface area contributed by atoms with Gasteiger partial charge in [-0.25, -0.2) is 0 Å². The SMILES string of the molecule is CC1CCCC(NC2CCN3CCC2C3)C1. The van der Waals surface area contributed by atoms with E-state index in [-0.39, 0.29) is 0 Å². The normalized spacial score (nSPS) is 48.2. The van der Waals surface area contributed by atoms with Crippen LogP contribution in [-0.4, -0.2) is 36.6 Å². The molecule has 0 aromatic heterocycles. The highest BCUT2D eigenvalue weighted by Crippen LogP contribution is 2.30. The van der Waals surface area contributed by atoms with Crippen LogP contribution in [-0.2, 0) is 0 Å². The van der Waals surface area contributed by atoms with Gasteiger partial charge in [0.1, 0.15) is 0 Å². The highest BCUT2D eigenvalue weighted by Gasteiger charge is 2.35. The summed E-state index contributed by atoms with van der Waals surface area (Å²) in [5.74, 6) is 1.92. The van der Waals surface area contributed by atoms with Gasteiger partial charge in [0.25, 0.3) is 0 Å². The summed E-state index contributed by atoms with van der Waals surface area (Å²) in [5.41, 5.74) is 0. The summed E-state index contributed by atoms with van der Waals surface area (Å²) in [5, 5.41) is 3.99. The summed E-state index contributed by atoms with van der Waals surface area (Å²) in [6.45, 7) is 6.51. The molecule has 16 heavy (non-hydrogen) atoms. The van der Waals surface area contributed by atoms with Crippen molar-refractivity contribution in [3.8, 4) is 0 Å². The van der Waals surface area contributed by atoms with Crippen molar-refractivity contribution in [2.45, 2.75) is 57.5 Å². The van der Waals surface area contributed by atoms with Gasteiger partial charge in [0.2, 0.25) is 0 Å². The molecule has 2 heterocycles. The molecule has 2 heteroatoms. The maximum absolute atomic E-state index is 3.99. The quantitative estimate of drug-likeness (QED) is 0.771. The minimum absolute atomic E-state index is 0.834. The van der Waals surface area contributed by atoms with E-state index in [9.17, 15) is 0 Å². The van der Waals surface area contributed by atoms with Gasteiger partial charge in [0.15, 0.2) is 0 Å². The van der Waals surface area contributed by atoms with E-state index in [1.807, 2.05) is 0 Å². The molecule has 92 valence electrons. The molecule has 2 bridgehead atoms. The van der Waals surface area contributed by atoms with Crippen molar-refractivity contribution in [3.05, 3.63) is 0 Å². The van der Waals surface area contributed by atoms with Crippen molar-refractivity contribution in [3.63, 3.8) is 0 Å². The average Bonchev–Trinajstić information content (AvgIpc) is 2.66. The lowest BCUT2D eigenvalue weighted by atomic mass is 9.85. The third-order valence-electron chi connectivity index (χ3n) is 5.02. The van der Waals surface area contributed by atoms with Gasteiger partial charge in [0, 0.05) is 18.6 Å². The maximum Gasteiger partial charge on any atom is 0.0123 e. The van der Waals surface area contributed by atoms with Crippen molar-refractivity contribution in [1.29, 1.82) is 0 Å². The lowest BCUT2D eigenvalue weighted by Crippen LogP contribution is -2.48. The van der Waals surface area contributed by atoms with Crippen LogP contribution in [0.1, 0.15) is 45.4 Å². The number of hydrogen-bond donors (Lipinski definition) is 1. The summed E-state index contributed by atoms with van der Waals surface area (Å²) < 4.78 is 0. The van der Waals surface area contributed by atoms with Crippen LogP contribution in [0, 0.1) is 11.8 Å². The van der Waals surface area contributed by atoms with Gasteiger partial charge in [-0.3, -0.25) is 0 Å². The fraction of sp³-hybridized carbons (Fsp3) is 1.00. The molecule has 1 N–H and O–H groups in total.